The van der Waals surface area contributed by atoms with E-state index in [1.165, 1.54) is 6.33 Å². The Morgan fingerprint density at radius 3 is 2.85 bits per heavy atom. The number of nitrogens with zero attached hydrogens (tertiary/aromatic N) is 3. The van der Waals surface area contributed by atoms with E-state index >= 15 is 0 Å². The molecule has 0 spiro atoms. The highest BCUT2D eigenvalue weighted by Crippen LogP contribution is 2.23. The van der Waals surface area contributed by atoms with Crippen molar-refractivity contribution >= 4 is 16.6 Å². The summed E-state index contributed by atoms with van der Waals surface area (Å²) in [5.41, 5.74) is 8.20. The lowest BCUT2D eigenvalue weighted by molar-refractivity contribution is 0.312. The van der Waals surface area contributed by atoms with Crippen LogP contribution in [0.2, 0.25) is 0 Å². The van der Waals surface area contributed by atoms with E-state index in [1.807, 2.05) is 36.4 Å². The topological polar surface area (TPSA) is 73.9 Å². The number of hydrogen-bond acceptors (Lipinski definition) is 5. The molecule has 5 heteroatoms. The van der Waals surface area contributed by atoms with Gasteiger partial charge in [-0.25, -0.2) is 9.97 Å². The summed E-state index contributed by atoms with van der Waals surface area (Å²) in [6.45, 7) is 0.521. The molecule has 0 aliphatic heterocycles. The van der Waals surface area contributed by atoms with Crippen LogP contribution in [0.15, 0.2) is 48.9 Å². The summed E-state index contributed by atoms with van der Waals surface area (Å²) in [5.74, 6) is 0.575. The lowest BCUT2D eigenvalue weighted by Gasteiger charge is -2.07. The normalized spacial score (nSPS) is 10.6. The summed E-state index contributed by atoms with van der Waals surface area (Å²) < 4.78 is 5.73. The Balaban J connectivity index is 1.74. The van der Waals surface area contributed by atoms with Crippen LogP contribution >= 0.6 is 0 Å². The highest BCUT2D eigenvalue weighted by Gasteiger charge is 2.05. The summed E-state index contributed by atoms with van der Waals surface area (Å²) in [6, 6.07) is 11.3. The number of rotatable bonds is 4. The van der Waals surface area contributed by atoms with Crippen molar-refractivity contribution in [1.29, 1.82) is 0 Å². The second-order valence-electron chi connectivity index (χ2n) is 4.37. The van der Waals surface area contributed by atoms with Gasteiger partial charge in [0.2, 0.25) is 5.88 Å². The molecule has 2 N–H and O–H groups in total. The predicted molar refractivity (Wildman–Crippen MR) is 77.4 cm³/mol. The highest BCUT2D eigenvalue weighted by atomic mass is 16.5. The Hall–Kier alpha value is -2.69. The van der Waals surface area contributed by atoms with Gasteiger partial charge in [0.05, 0.1) is 17.5 Å². The molecule has 0 aliphatic rings. The summed E-state index contributed by atoms with van der Waals surface area (Å²) in [7, 11) is 0. The van der Waals surface area contributed by atoms with E-state index in [4.69, 9.17) is 10.5 Å². The van der Waals surface area contributed by atoms with Gasteiger partial charge in [-0.2, -0.15) is 0 Å². The van der Waals surface area contributed by atoms with Crippen LogP contribution in [0.3, 0.4) is 0 Å². The molecule has 0 unspecified atom stereocenters. The highest BCUT2D eigenvalue weighted by molar-refractivity contribution is 5.85. The number of nitrogen functional groups attached to an aromatic ring is 1. The Labute approximate surface area is 116 Å². The van der Waals surface area contributed by atoms with Gasteiger partial charge >= 0.3 is 0 Å². The summed E-state index contributed by atoms with van der Waals surface area (Å²) >= 11 is 0. The van der Waals surface area contributed by atoms with Crippen molar-refractivity contribution in [3.63, 3.8) is 0 Å². The first-order chi connectivity index (χ1) is 9.83. The van der Waals surface area contributed by atoms with Crippen molar-refractivity contribution < 1.29 is 4.74 Å². The van der Waals surface area contributed by atoms with Crippen LogP contribution < -0.4 is 10.5 Å². The first-order valence-corrected chi connectivity index (χ1v) is 6.36. The molecule has 0 amide bonds. The maximum atomic E-state index is 5.74. The van der Waals surface area contributed by atoms with Gasteiger partial charge in [0.1, 0.15) is 6.33 Å². The zero-order valence-electron chi connectivity index (χ0n) is 10.9. The van der Waals surface area contributed by atoms with Gasteiger partial charge in [-0.15, -0.1) is 0 Å². The van der Waals surface area contributed by atoms with Crippen LogP contribution in [-0.4, -0.2) is 21.6 Å². The quantitative estimate of drug-likeness (QED) is 0.733. The number of aromatic nitrogens is 3. The predicted octanol–water partition coefficient (Wildman–Crippen LogP) is 2.23. The summed E-state index contributed by atoms with van der Waals surface area (Å²) in [4.78, 5) is 12.6. The molecule has 2 aromatic heterocycles. The van der Waals surface area contributed by atoms with Crippen LogP contribution in [0.5, 0.6) is 5.88 Å². The fourth-order valence-corrected chi connectivity index (χ4v) is 1.96. The van der Waals surface area contributed by atoms with Gasteiger partial charge in [-0.3, -0.25) is 4.98 Å². The minimum Gasteiger partial charge on any atom is -0.477 e. The zero-order valence-corrected chi connectivity index (χ0v) is 10.9. The Morgan fingerprint density at radius 1 is 1.05 bits per heavy atom. The number of anilines is 1. The van der Waals surface area contributed by atoms with Crippen molar-refractivity contribution in [3.8, 4) is 5.88 Å². The molecule has 0 saturated heterocycles. The molecule has 0 fully saturated rings. The van der Waals surface area contributed by atoms with Crippen molar-refractivity contribution in [2.24, 2.45) is 0 Å². The fourth-order valence-electron chi connectivity index (χ4n) is 1.96. The molecule has 0 saturated carbocycles. The number of benzene rings is 1. The van der Waals surface area contributed by atoms with Crippen LogP contribution in [0.1, 0.15) is 5.69 Å². The number of ether oxygens (including phenoxy) is 1. The third-order valence-corrected chi connectivity index (χ3v) is 2.95. The van der Waals surface area contributed by atoms with Gasteiger partial charge in [-0.1, -0.05) is 6.07 Å². The number of fused-ring (bicyclic) bond motifs is 1. The van der Waals surface area contributed by atoms with Crippen LogP contribution in [0.4, 0.5) is 5.69 Å². The maximum Gasteiger partial charge on any atom is 0.224 e. The molecule has 0 bridgehead atoms. The van der Waals surface area contributed by atoms with Gasteiger partial charge in [0, 0.05) is 24.0 Å². The lowest BCUT2D eigenvalue weighted by Crippen LogP contribution is -2.04. The van der Waals surface area contributed by atoms with E-state index in [9.17, 15) is 0 Å². The number of pyridine rings is 1. The minimum atomic E-state index is 0.521. The molecule has 5 nitrogen and oxygen atoms in total. The summed E-state index contributed by atoms with van der Waals surface area (Å²) in [5, 5.41) is 0.864. The first-order valence-electron chi connectivity index (χ1n) is 6.36. The lowest BCUT2D eigenvalue weighted by atomic mass is 10.2. The van der Waals surface area contributed by atoms with E-state index < -0.39 is 0 Å². The molecule has 0 aliphatic carbocycles. The van der Waals surface area contributed by atoms with E-state index in [1.54, 1.807) is 6.20 Å². The largest absolute Gasteiger partial charge is 0.477 e. The molecule has 20 heavy (non-hydrogen) atoms. The van der Waals surface area contributed by atoms with Gasteiger partial charge in [0.15, 0.2) is 0 Å². The molecular formula is C15H14N4O. The average Bonchev–Trinajstić information content (AvgIpc) is 2.48. The van der Waals surface area contributed by atoms with Crippen molar-refractivity contribution in [2.75, 3.05) is 12.3 Å². The van der Waals surface area contributed by atoms with Crippen LogP contribution in [0.25, 0.3) is 10.9 Å². The number of hydrogen-bond donors (Lipinski definition) is 1. The smallest absolute Gasteiger partial charge is 0.224 e. The molecule has 3 rings (SSSR count). The van der Waals surface area contributed by atoms with Gasteiger partial charge in [-0.05, 0) is 30.3 Å². The third kappa shape index (κ3) is 2.66. The molecule has 3 aromatic rings. The first kappa shape index (κ1) is 12.3. The van der Waals surface area contributed by atoms with Crippen molar-refractivity contribution in [3.05, 3.63) is 54.6 Å². The molecule has 100 valence electrons. The molecule has 1 aromatic carbocycles. The fraction of sp³-hybridized carbons (Fsp3) is 0.133. The molecule has 0 radical (unpaired) electrons. The Morgan fingerprint density at radius 2 is 2.00 bits per heavy atom. The van der Waals surface area contributed by atoms with Crippen molar-refractivity contribution in [1.82, 2.24) is 15.0 Å². The van der Waals surface area contributed by atoms with Crippen LogP contribution in [0, 0.1) is 0 Å². The van der Waals surface area contributed by atoms with Crippen molar-refractivity contribution in [2.45, 2.75) is 6.42 Å². The van der Waals surface area contributed by atoms with Crippen LogP contribution in [-0.2, 0) is 6.42 Å². The standard InChI is InChI=1S/C15H14N4O/c16-11-4-5-13-14(9-11)18-10-19-15(13)20-8-6-12-3-1-2-7-17-12/h1-5,7,9-10H,6,8,16H2. The van der Waals surface area contributed by atoms with Gasteiger partial charge < -0.3 is 10.5 Å². The molecular weight excluding hydrogens is 252 g/mol. The second kappa shape index (κ2) is 5.52. The molecule has 0 atom stereocenters. The minimum absolute atomic E-state index is 0.521. The summed E-state index contributed by atoms with van der Waals surface area (Å²) in [6.07, 6.45) is 4.00. The molecule has 2 heterocycles. The monoisotopic (exact) mass is 266 g/mol. The van der Waals surface area contributed by atoms with E-state index in [-0.39, 0.29) is 0 Å². The SMILES string of the molecule is Nc1ccc2c(OCCc3ccccn3)ncnc2c1. The van der Waals surface area contributed by atoms with Gasteiger partial charge in [0.25, 0.3) is 0 Å². The third-order valence-electron chi connectivity index (χ3n) is 2.95. The Bertz CT molecular complexity index is 715. The Kier molecular flexibility index (Phi) is 3.41. The average molecular weight is 266 g/mol. The van der Waals surface area contributed by atoms with E-state index in [2.05, 4.69) is 15.0 Å². The zero-order chi connectivity index (χ0) is 13.8. The maximum absolute atomic E-state index is 5.74. The second-order valence-corrected chi connectivity index (χ2v) is 4.37. The van der Waals surface area contributed by atoms with E-state index in [0.717, 1.165) is 23.0 Å². The van der Waals surface area contributed by atoms with E-state index in [0.29, 0.717) is 18.2 Å². The number of nitrogens with two attached hydrogens (primary N) is 1.